The molecule has 0 bridgehead atoms. The number of hydrogen-bond acceptors (Lipinski definition) is 1. The normalized spacial score (nSPS) is 11.5. The second kappa shape index (κ2) is 8.74. The van der Waals surface area contributed by atoms with Crippen molar-refractivity contribution in [3.8, 4) is 11.4 Å². The van der Waals surface area contributed by atoms with Gasteiger partial charge in [0.05, 0.1) is 11.0 Å². The van der Waals surface area contributed by atoms with Crippen LogP contribution >= 0.6 is 7.26 Å². The first-order valence-corrected chi connectivity index (χ1v) is 13.3. The Kier molecular flexibility index (Phi) is 5.30. The van der Waals surface area contributed by atoms with Gasteiger partial charge in [0.2, 0.25) is 0 Å². The zero-order valence-electron chi connectivity index (χ0n) is 18.7. The summed E-state index contributed by atoms with van der Waals surface area (Å²) in [6.07, 6.45) is 0. The number of nitrogens with one attached hydrogen (secondary N) is 1. The first kappa shape index (κ1) is 20.6. The first-order chi connectivity index (χ1) is 16.9. The quantitative estimate of drug-likeness (QED) is 0.325. The molecule has 1 aromatic heterocycles. The van der Waals surface area contributed by atoms with Gasteiger partial charge in [0.25, 0.3) is 0 Å². The maximum Gasteiger partial charge on any atom is 0.144 e. The van der Waals surface area contributed by atoms with Crippen LogP contribution in [-0.2, 0) is 0 Å². The number of imidazole rings is 1. The number of H-pyrrole nitrogens is 1. The van der Waals surface area contributed by atoms with E-state index in [0.29, 0.717) is 0 Å². The van der Waals surface area contributed by atoms with Gasteiger partial charge < -0.3 is 4.98 Å². The number of aromatic amines is 1. The van der Waals surface area contributed by atoms with Crippen molar-refractivity contribution in [2.75, 3.05) is 0 Å². The highest BCUT2D eigenvalue weighted by atomic mass is 31.2. The topological polar surface area (TPSA) is 28.7 Å². The van der Waals surface area contributed by atoms with Crippen LogP contribution in [0.15, 0.2) is 140 Å². The van der Waals surface area contributed by atoms with Crippen molar-refractivity contribution in [3.05, 3.63) is 140 Å². The minimum atomic E-state index is -2.08. The third-order valence-electron chi connectivity index (χ3n) is 6.35. The predicted molar refractivity (Wildman–Crippen MR) is 146 cm³/mol. The molecule has 0 saturated heterocycles. The second-order valence-electron chi connectivity index (χ2n) is 8.33. The van der Waals surface area contributed by atoms with Crippen LogP contribution in [0.3, 0.4) is 0 Å². The van der Waals surface area contributed by atoms with Gasteiger partial charge >= 0.3 is 0 Å². The van der Waals surface area contributed by atoms with Gasteiger partial charge in [-0.05, 0) is 72.8 Å². The molecule has 0 aliphatic rings. The van der Waals surface area contributed by atoms with E-state index in [1.165, 1.54) is 21.2 Å². The van der Waals surface area contributed by atoms with E-state index in [0.717, 1.165) is 22.4 Å². The Balaban J connectivity index is 1.57. The van der Waals surface area contributed by atoms with E-state index in [9.17, 15) is 0 Å². The second-order valence-corrected chi connectivity index (χ2v) is 11.7. The summed E-state index contributed by atoms with van der Waals surface area (Å²) in [6, 6.07) is 50.0. The third-order valence-corrected chi connectivity index (χ3v) is 10.6. The standard InChI is InChI=1S/C31H24N2P/c1-4-12-25(13-5-1)34(26-14-6-2-7-15-26,27-16-8-3-9-17-27)28-22-20-24(21-23-28)31-32-29-18-10-11-19-30(29)33-31/h1-23H,(H,32,33)/q+1. The summed E-state index contributed by atoms with van der Waals surface area (Å²) in [5.74, 6) is 0.899. The molecule has 34 heavy (non-hydrogen) atoms. The van der Waals surface area contributed by atoms with Gasteiger partial charge in [-0.2, -0.15) is 0 Å². The fourth-order valence-electron chi connectivity index (χ4n) is 4.78. The molecule has 2 nitrogen and oxygen atoms in total. The molecule has 0 amide bonds. The van der Waals surface area contributed by atoms with Crippen LogP contribution in [0.25, 0.3) is 22.4 Å². The number of para-hydroxylation sites is 2. The van der Waals surface area contributed by atoms with Gasteiger partial charge in [-0.15, -0.1) is 0 Å². The Bertz CT molecular complexity index is 1390. The summed E-state index contributed by atoms with van der Waals surface area (Å²) >= 11 is 0. The molecule has 0 fully saturated rings. The van der Waals surface area contributed by atoms with Gasteiger partial charge in [-0.3, -0.25) is 0 Å². The van der Waals surface area contributed by atoms with Crippen molar-refractivity contribution in [2.45, 2.75) is 0 Å². The number of hydrogen-bond donors (Lipinski definition) is 1. The van der Waals surface area contributed by atoms with Crippen LogP contribution in [0.2, 0.25) is 0 Å². The number of aromatic nitrogens is 2. The van der Waals surface area contributed by atoms with Crippen LogP contribution < -0.4 is 21.2 Å². The minimum Gasteiger partial charge on any atom is -0.338 e. The molecule has 3 heteroatoms. The molecule has 6 rings (SSSR count). The molecule has 0 aliphatic heterocycles. The molecule has 6 aromatic rings. The predicted octanol–water partition coefficient (Wildman–Crippen LogP) is 5.85. The summed E-state index contributed by atoms with van der Waals surface area (Å²) in [6.45, 7) is 0. The van der Waals surface area contributed by atoms with Gasteiger partial charge in [0.1, 0.15) is 34.3 Å². The lowest BCUT2D eigenvalue weighted by molar-refractivity contribution is 1.34. The molecular weight excluding hydrogens is 431 g/mol. The van der Waals surface area contributed by atoms with Crippen molar-refractivity contribution >= 4 is 39.5 Å². The largest absolute Gasteiger partial charge is 0.338 e. The zero-order valence-corrected chi connectivity index (χ0v) is 19.6. The van der Waals surface area contributed by atoms with Crippen LogP contribution in [-0.4, -0.2) is 9.97 Å². The van der Waals surface area contributed by atoms with Crippen molar-refractivity contribution in [1.82, 2.24) is 9.97 Å². The molecule has 0 radical (unpaired) electrons. The SMILES string of the molecule is c1ccc([P+](c2ccccc2)(c2ccccc2)c2ccc(-c3nc4ccccc4[nH]3)cc2)cc1. The molecule has 5 aromatic carbocycles. The van der Waals surface area contributed by atoms with Crippen molar-refractivity contribution in [3.63, 3.8) is 0 Å². The molecule has 0 unspecified atom stereocenters. The Morgan fingerprint density at radius 3 is 1.38 bits per heavy atom. The lowest BCUT2D eigenvalue weighted by Crippen LogP contribution is -2.38. The summed E-state index contributed by atoms with van der Waals surface area (Å²) in [5.41, 5.74) is 3.13. The van der Waals surface area contributed by atoms with E-state index in [2.05, 4.69) is 126 Å². The summed E-state index contributed by atoms with van der Waals surface area (Å²) in [4.78, 5) is 8.27. The molecular formula is C31H24N2P+. The van der Waals surface area contributed by atoms with E-state index in [1.807, 2.05) is 18.2 Å². The Morgan fingerprint density at radius 2 is 0.882 bits per heavy atom. The lowest BCUT2D eigenvalue weighted by Gasteiger charge is -2.27. The van der Waals surface area contributed by atoms with Crippen LogP contribution in [0, 0.1) is 0 Å². The molecule has 0 spiro atoms. The maximum absolute atomic E-state index is 4.80. The Morgan fingerprint density at radius 1 is 0.441 bits per heavy atom. The molecule has 0 atom stereocenters. The van der Waals surface area contributed by atoms with E-state index in [1.54, 1.807) is 0 Å². The minimum absolute atomic E-state index is 0.899. The summed E-state index contributed by atoms with van der Waals surface area (Å²) in [7, 11) is -2.08. The summed E-state index contributed by atoms with van der Waals surface area (Å²) in [5, 5.41) is 5.38. The number of fused-ring (bicyclic) bond motifs is 1. The average molecular weight is 456 g/mol. The lowest BCUT2D eigenvalue weighted by atomic mass is 10.2. The van der Waals surface area contributed by atoms with E-state index in [4.69, 9.17) is 4.98 Å². The Labute approximate surface area is 200 Å². The number of rotatable bonds is 5. The highest BCUT2D eigenvalue weighted by Crippen LogP contribution is 2.54. The van der Waals surface area contributed by atoms with Gasteiger partial charge in [-0.25, -0.2) is 4.98 Å². The van der Waals surface area contributed by atoms with E-state index >= 15 is 0 Å². The molecule has 162 valence electrons. The van der Waals surface area contributed by atoms with E-state index in [-0.39, 0.29) is 0 Å². The third kappa shape index (κ3) is 3.44. The van der Waals surface area contributed by atoms with Crippen molar-refractivity contribution in [1.29, 1.82) is 0 Å². The van der Waals surface area contributed by atoms with Crippen LogP contribution in [0.5, 0.6) is 0 Å². The fraction of sp³-hybridized carbons (Fsp3) is 0. The monoisotopic (exact) mass is 455 g/mol. The number of benzene rings is 5. The number of nitrogens with zero attached hydrogens (tertiary/aromatic N) is 1. The van der Waals surface area contributed by atoms with Gasteiger partial charge in [0.15, 0.2) is 0 Å². The van der Waals surface area contributed by atoms with Crippen molar-refractivity contribution in [2.24, 2.45) is 0 Å². The molecule has 0 aliphatic carbocycles. The maximum atomic E-state index is 4.80. The van der Waals surface area contributed by atoms with Crippen molar-refractivity contribution < 1.29 is 0 Å². The molecule has 1 heterocycles. The van der Waals surface area contributed by atoms with Crippen LogP contribution in [0.4, 0.5) is 0 Å². The molecule has 1 N–H and O–H groups in total. The molecule has 0 saturated carbocycles. The van der Waals surface area contributed by atoms with Gasteiger partial charge in [0, 0.05) is 5.56 Å². The van der Waals surface area contributed by atoms with E-state index < -0.39 is 7.26 Å². The highest BCUT2D eigenvalue weighted by Gasteiger charge is 2.47. The first-order valence-electron chi connectivity index (χ1n) is 11.5. The highest BCUT2D eigenvalue weighted by molar-refractivity contribution is 8.01. The smallest absolute Gasteiger partial charge is 0.144 e. The fourth-order valence-corrected chi connectivity index (χ4v) is 9.02. The average Bonchev–Trinajstić information content (AvgIpc) is 3.36. The Hall–Kier alpha value is -4.00. The zero-order chi connectivity index (χ0) is 22.8. The van der Waals surface area contributed by atoms with Gasteiger partial charge in [-0.1, -0.05) is 66.7 Å². The summed E-state index contributed by atoms with van der Waals surface area (Å²) < 4.78 is 0. The van der Waals surface area contributed by atoms with Crippen LogP contribution in [0.1, 0.15) is 0 Å².